The summed E-state index contributed by atoms with van der Waals surface area (Å²) in [5.41, 5.74) is 0. The van der Waals surface area contributed by atoms with Gasteiger partial charge < -0.3 is 0 Å². The van der Waals surface area contributed by atoms with Crippen molar-refractivity contribution in [1.82, 2.24) is 14.8 Å². The van der Waals surface area contributed by atoms with E-state index in [1.807, 2.05) is 0 Å². The highest BCUT2D eigenvalue weighted by atomic mass is 16.1. The van der Waals surface area contributed by atoms with Crippen molar-refractivity contribution in [3.05, 3.63) is 12.2 Å². The van der Waals surface area contributed by atoms with Crippen molar-refractivity contribution in [1.29, 1.82) is 5.26 Å². The SMILES string of the molecule is CC(=O)C(C)n1cnc(C#N)n1. The summed E-state index contributed by atoms with van der Waals surface area (Å²) in [6.07, 6.45) is 1.38. The minimum atomic E-state index is -0.348. The predicted molar refractivity (Wildman–Crippen MR) is 40.1 cm³/mol. The van der Waals surface area contributed by atoms with Gasteiger partial charge in [-0.2, -0.15) is 5.26 Å². The molecule has 0 N–H and O–H groups in total. The van der Waals surface area contributed by atoms with E-state index in [1.54, 1.807) is 13.0 Å². The summed E-state index contributed by atoms with van der Waals surface area (Å²) in [5, 5.41) is 12.2. The number of aromatic nitrogens is 3. The molecule has 0 spiro atoms. The van der Waals surface area contributed by atoms with E-state index >= 15 is 0 Å². The quantitative estimate of drug-likeness (QED) is 0.630. The smallest absolute Gasteiger partial charge is 0.252 e. The molecule has 1 unspecified atom stereocenters. The summed E-state index contributed by atoms with van der Waals surface area (Å²) in [6, 6.07) is 1.44. The summed E-state index contributed by atoms with van der Waals surface area (Å²) in [4.78, 5) is 14.5. The van der Waals surface area contributed by atoms with Crippen molar-refractivity contribution >= 4 is 5.78 Å². The Hall–Kier alpha value is -1.70. The Kier molecular flexibility index (Phi) is 2.19. The van der Waals surface area contributed by atoms with Crippen molar-refractivity contribution in [2.24, 2.45) is 0 Å². The van der Waals surface area contributed by atoms with E-state index in [-0.39, 0.29) is 17.6 Å². The topological polar surface area (TPSA) is 71.6 Å². The second-order valence-corrected chi connectivity index (χ2v) is 2.45. The molecule has 0 aliphatic rings. The van der Waals surface area contributed by atoms with Crippen molar-refractivity contribution in [3.63, 3.8) is 0 Å². The molecule has 0 saturated carbocycles. The van der Waals surface area contributed by atoms with Gasteiger partial charge in [0, 0.05) is 0 Å². The fourth-order valence-electron chi connectivity index (χ4n) is 0.699. The van der Waals surface area contributed by atoms with E-state index in [1.165, 1.54) is 17.9 Å². The van der Waals surface area contributed by atoms with Crippen LogP contribution in [-0.4, -0.2) is 20.5 Å². The average molecular weight is 164 g/mol. The molecule has 1 aromatic heterocycles. The van der Waals surface area contributed by atoms with Gasteiger partial charge in [0.2, 0.25) is 0 Å². The van der Waals surface area contributed by atoms with E-state index in [2.05, 4.69) is 10.1 Å². The van der Waals surface area contributed by atoms with Crippen molar-refractivity contribution < 1.29 is 4.79 Å². The van der Waals surface area contributed by atoms with Gasteiger partial charge in [0.15, 0.2) is 5.78 Å². The van der Waals surface area contributed by atoms with Gasteiger partial charge in [0.05, 0.1) is 0 Å². The molecular weight excluding hydrogens is 156 g/mol. The Labute approximate surface area is 69.6 Å². The standard InChI is InChI=1S/C7H8N4O/c1-5(6(2)12)11-4-9-7(3-8)10-11/h4-5H,1-2H3. The fourth-order valence-corrected chi connectivity index (χ4v) is 0.699. The van der Waals surface area contributed by atoms with Crippen molar-refractivity contribution in [2.75, 3.05) is 0 Å². The van der Waals surface area contributed by atoms with Gasteiger partial charge in [-0.1, -0.05) is 0 Å². The molecule has 62 valence electrons. The van der Waals surface area contributed by atoms with Gasteiger partial charge in [0.1, 0.15) is 18.4 Å². The number of nitriles is 1. The third-order valence-electron chi connectivity index (χ3n) is 1.59. The van der Waals surface area contributed by atoms with Crippen LogP contribution in [0.1, 0.15) is 25.7 Å². The van der Waals surface area contributed by atoms with E-state index < -0.39 is 0 Å². The molecule has 0 bridgehead atoms. The minimum Gasteiger partial charge on any atom is -0.298 e. The normalized spacial score (nSPS) is 12.1. The Morgan fingerprint density at radius 2 is 2.50 bits per heavy atom. The first-order valence-electron chi connectivity index (χ1n) is 3.47. The Balaban J connectivity index is 2.90. The lowest BCUT2D eigenvalue weighted by Gasteiger charge is -2.04. The third kappa shape index (κ3) is 1.48. The molecule has 0 saturated heterocycles. The monoisotopic (exact) mass is 164 g/mol. The van der Waals surface area contributed by atoms with E-state index in [0.29, 0.717) is 0 Å². The van der Waals surface area contributed by atoms with E-state index in [9.17, 15) is 4.79 Å². The summed E-state index contributed by atoms with van der Waals surface area (Å²) >= 11 is 0. The molecule has 0 fully saturated rings. The van der Waals surface area contributed by atoms with Crippen molar-refractivity contribution in [2.45, 2.75) is 19.9 Å². The van der Waals surface area contributed by atoms with Crippen LogP contribution in [0.5, 0.6) is 0 Å². The maximum atomic E-state index is 10.9. The largest absolute Gasteiger partial charge is 0.298 e. The van der Waals surface area contributed by atoms with E-state index in [0.717, 1.165) is 0 Å². The van der Waals surface area contributed by atoms with Gasteiger partial charge in [-0.25, -0.2) is 9.67 Å². The number of Topliss-reactive ketones (excluding diaryl/α,β-unsaturated/α-hetero) is 1. The van der Waals surface area contributed by atoms with Crippen LogP contribution in [0, 0.1) is 11.3 Å². The van der Waals surface area contributed by atoms with Crippen LogP contribution >= 0.6 is 0 Å². The zero-order chi connectivity index (χ0) is 9.14. The number of hydrogen-bond donors (Lipinski definition) is 0. The molecular formula is C7H8N4O. The molecule has 5 nitrogen and oxygen atoms in total. The Morgan fingerprint density at radius 1 is 1.83 bits per heavy atom. The highest BCUT2D eigenvalue weighted by Crippen LogP contribution is 2.03. The fraction of sp³-hybridized carbons (Fsp3) is 0.429. The molecule has 1 atom stereocenters. The molecule has 0 aliphatic heterocycles. The second kappa shape index (κ2) is 3.13. The predicted octanol–water partition coefficient (Wildman–Crippen LogP) is 0.300. The lowest BCUT2D eigenvalue weighted by atomic mass is 10.2. The summed E-state index contributed by atoms with van der Waals surface area (Å²) in [5.74, 6) is 0.0764. The molecule has 0 aromatic carbocycles. The maximum absolute atomic E-state index is 10.9. The number of ketones is 1. The number of hydrogen-bond acceptors (Lipinski definition) is 4. The van der Waals surface area contributed by atoms with Gasteiger partial charge >= 0.3 is 0 Å². The van der Waals surface area contributed by atoms with Crippen LogP contribution in [0.15, 0.2) is 6.33 Å². The van der Waals surface area contributed by atoms with Gasteiger partial charge in [-0.3, -0.25) is 4.79 Å². The number of carbonyl (C=O) groups excluding carboxylic acids is 1. The molecule has 5 heteroatoms. The number of rotatable bonds is 2. The van der Waals surface area contributed by atoms with E-state index in [4.69, 9.17) is 5.26 Å². The first kappa shape index (κ1) is 8.40. The summed E-state index contributed by atoms with van der Waals surface area (Å²) < 4.78 is 1.38. The zero-order valence-corrected chi connectivity index (χ0v) is 6.85. The van der Waals surface area contributed by atoms with Gasteiger partial charge in [-0.15, -0.1) is 5.10 Å². The number of nitrogens with zero attached hydrogens (tertiary/aromatic N) is 4. The lowest BCUT2D eigenvalue weighted by Crippen LogP contribution is -2.13. The van der Waals surface area contributed by atoms with Crippen LogP contribution in [0.25, 0.3) is 0 Å². The Bertz CT molecular complexity index is 335. The van der Waals surface area contributed by atoms with Crippen LogP contribution < -0.4 is 0 Å². The molecule has 1 rings (SSSR count). The van der Waals surface area contributed by atoms with Crippen LogP contribution in [0.4, 0.5) is 0 Å². The van der Waals surface area contributed by atoms with Gasteiger partial charge in [-0.05, 0) is 13.8 Å². The minimum absolute atomic E-state index is 0.00982. The van der Waals surface area contributed by atoms with Gasteiger partial charge in [0.25, 0.3) is 5.82 Å². The Morgan fingerprint density at radius 3 is 2.92 bits per heavy atom. The average Bonchev–Trinajstić information content (AvgIpc) is 2.50. The molecule has 1 heterocycles. The first-order chi connectivity index (χ1) is 5.65. The second-order valence-electron chi connectivity index (χ2n) is 2.45. The third-order valence-corrected chi connectivity index (χ3v) is 1.59. The lowest BCUT2D eigenvalue weighted by molar-refractivity contribution is -0.119. The molecule has 0 aliphatic carbocycles. The maximum Gasteiger partial charge on any atom is 0.252 e. The van der Waals surface area contributed by atoms with Crippen LogP contribution in [0.3, 0.4) is 0 Å². The highest BCUT2D eigenvalue weighted by Gasteiger charge is 2.11. The molecule has 0 amide bonds. The summed E-state index contributed by atoms with van der Waals surface area (Å²) in [6.45, 7) is 3.18. The summed E-state index contributed by atoms with van der Waals surface area (Å²) in [7, 11) is 0. The van der Waals surface area contributed by atoms with Crippen LogP contribution in [-0.2, 0) is 4.79 Å². The van der Waals surface area contributed by atoms with Crippen molar-refractivity contribution in [3.8, 4) is 6.07 Å². The molecule has 12 heavy (non-hydrogen) atoms. The molecule has 1 aromatic rings. The number of carbonyl (C=O) groups is 1. The highest BCUT2D eigenvalue weighted by molar-refractivity contribution is 5.79. The zero-order valence-electron chi connectivity index (χ0n) is 6.85. The molecule has 0 radical (unpaired) electrons. The van der Waals surface area contributed by atoms with Crippen LogP contribution in [0.2, 0.25) is 0 Å². The first-order valence-corrected chi connectivity index (χ1v) is 3.47.